The molecule has 3 aliphatic heterocycles. The van der Waals surface area contributed by atoms with Gasteiger partial charge in [-0.3, -0.25) is 0 Å². The lowest BCUT2D eigenvalue weighted by molar-refractivity contribution is 0.227. The SMILES string of the molecule is Cc1ccccc1N=P1(N2CCN(C)CC2)/C(=C2\N(C)c3ccccc3C2(C)C)C=NN1c1ccccc1. The van der Waals surface area contributed by atoms with Crippen molar-refractivity contribution in [3.63, 3.8) is 0 Å². The number of piperazine rings is 1. The normalized spacial score (nSPS) is 25.2. The first-order valence-corrected chi connectivity index (χ1v) is 15.1. The maximum absolute atomic E-state index is 5.82. The van der Waals surface area contributed by atoms with Crippen LogP contribution in [0.2, 0.25) is 0 Å². The van der Waals surface area contributed by atoms with Gasteiger partial charge >= 0.3 is 0 Å². The van der Waals surface area contributed by atoms with Crippen molar-refractivity contribution in [1.29, 1.82) is 0 Å². The molecule has 0 aliphatic carbocycles. The molecular weight excluding hydrogens is 487 g/mol. The molecule has 3 aromatic carbocycles. The molecule has 1 atom stereocenters. The molecule has 0 spiro atoms. The Morgan fingerprint density at radius 3 is 2.18 bits per heavy atom. The topological polar surface area (TPSA) is 37.7 Å². The quantitative estimate of drug-likeness (QED) is 0.344. The number of aryl methyl sites for hydroxylation is 1. The van der Waals surface area contributed by atoms with E-state index in [-0.39, 0.29) is 5.41 Å². The van der Waals surface area contributed by atoms with E-state index < -0.39 is 7.36 Å². The van der Waals surface area contributed by atoms with Crippen molar-refractivity contribution >= 4 is 30.6 Å². The molecule has 0 N–H and O–H groups in total. The molecule has 1 unspecified atom stereocenters. The Morgan fingerprint density at radius 2 is 1.47 bits per heavy atom. The van der Waals surface area contributed by atoms with Crippen LogP contribution in [0, 0.1) is 6.92 Å². The number of rotatable bonds is 3. The van der Waals surface area contributed by atoms with E-state index in [4.69, 9.17) is 9.85 Å². The first-order valence-electron chi connectivity index (χ1n) is 13.4. The van der Waals surface area contributed by atoms with Crippen molar-refractivity contribution in [3.8, 4) is 0 Å². The van der Waals surface area contributed by atoms with E-state index in [0.29, 0.717) is 0 Å². The maximum Gasteiger partial charge on any atom is 0.179 e. The summed E-state index contributed by atoms with van der Waals surface area (Å²) in [6.45, 7) is 10.8. The van der Waals surface area contributed by atoms with Crippen LogP contribution in [0.5, 0.6) is 0 Å². The van der Waals surface area contributed by atoms with Crippen molar-refractivity contribution in [2.45, 2.75) is 26.2 Å². The Balaban J connectivity index is 1.69. The highest BCUT2D eigenvalue weighted by molar-refractivity contribution is 7.71. The molecule has 38 heavy (non-hydrogen) atoms. The smallest absolute Gasteiger partial charge is 0.179 e. The van der Waals surface area contributed by atoms with E-state index >= 15 is 0 Å². The van der Waals surface area contributed by atoms with E-state index in [1.165, 1.54) is 27.8 Å². The number of anilines is 2. The van der Waals surface area contributed by atoms with Gasteiger partial charge in [0.2, 0.25) is 0 Å². The minimum absolute atomic E-state index is 0.182. The van der Waals surface area contributed by atoms with Gasteiger partial charge in [-0.25, -0.2) is 14.2 Å². The Bertz CT molecular complexity index is 1470. The monoisotopic (exact) mass is 524 g/mol. The second-order valence-electron chi connectivity index (χ2n) is 11.0. The Kier molecular flexibility index (Phi) is 6.30. The average Bonchev–Trinajstić information content (AvgIpc) is 3.38. The van der Waals surface area contributed by atoms with Gasteiger partial charge in [0.15, 0.2) is 7.36 Å². The second-order valence-corrected chi connectivity index (χ2v) is 13.8. The van der Waals surface area contributed by atoms with Gasteiger partial charge in [0.1, 0.15) is 0 Å². The van der Waals surface area contributed by atoms with Gasteiger partial charge in [-0.15, -0.1) is 0 Å². The van der Waals surface area contributed by atoms with Gasteiger partial charge in [0, 0.05) is 50.0 Å². The van der Waals surface area contributed by atoms with Gasteiger partial charge in [-0.05, 0) is 49.4 Å². The lowest BCUT2D eigenvalue weighted by Crippen LogP contribution is -2.44. The van der Waals surface area contributed by atoms with Crippen LogP contribution < -0.4 is 9.68 Å². The Hall–Kier alpha value is -3.18. The summed E-state index contributed by atoms with van der Waals surface area (Å²) in [6, 6.07) is 27.9. The lowest BCUT2D eigenvalue weighted by Gasteiger charge is -2.44. The van der Waals surface area contributed by atoms with Crippen LogP contribution in [0.1, 0.15) is 25.0 Å². The molecule has 0 amide bonds. The first-order chi connectivity index (χ1) is 18.3. The van der Waals surface area contributed by atoms with E-state index in [1.807, 2.05) is 0 Å². The van der Waals surface area contributed by atoms with Crippen LogP contribution in [0.3, 0.4) is 0 Å². The van der Waals surface area contributed by atoms with Crippen LogP contribution >= 0.6 is 7.36 Å². The zero-order chi connectivity index (χ0) is 26.5. The number of hydrogen-bond donors (Lipinski definition) is 0. The summed E-state index contributed by atoms with van der Waals surface area (Å²) in [5.74, 6) is 0. The van der Waals surface area contributed by atoms with Crippen molar-refractivity contribution in [2.75, 3.05) is 50.0 Å². The molecule has 0 saturated carbocycles. The molecule has 7 heteroatoms. The van der Waals surface area contributed by atoms with Crippen LogP contribution in [0.4, 0.5) is 17.1 Å². The highest BCUT2D eigenvalue weighted by Crippen LogP contribution is 2.70. The van der Waals surface area contributed by atoms with Crippen LogP contribution in [-0.2, 0) is 5.41 Å². The number of hydrogen-bond acceptors (Lipinski definition) is 4. The fourth-order valence-corrected chi connectivity index (χ4v) is 10.0. The molecular formula is C31H37N6P. The summed E-state index contributed by atoms with van der Waals surface area (Å²) >= 11 is 0. The van der Waals surface area contributed by atoms with E-state index in [1.54, 1.807) is 0 Å². The largest absolute Gasteiger partial charge is 0.346 e. The van der Waals surface area contributed by atoms with Crippen molar-refractivity contribution in [2.24, 2.45) is 9.85 Å². The van der Waals surface area contributed by atoms with Gasteiger partial charge in [-0.1, -0.05) is 68.4 Å². The van der Waals surface area contributed by atoms with E-state index in [2.05, 4.69) is 139 Å². The van der Waals surface area contributed by atoms with Gasteiger partial charge < -0.3 is 9.80 Å². The maximum atomic E-state index is 5.82. The van der Waals surface area contributed by atoms with E-state index in [9.17, 15) is 0 Å². The Labute approximate surface area is 227 Å². The standard InChI is InChI=1S/C31H37N6P/c1-24-13-9-11-17-27(24)33-38(36-21-19-34(4)20-22-36)29(23-32-37(38)25-14-7-6-8-15-25)30-31(2,3)26-16-10-12-18-28(26)35(30)5/h6-18,23H,19-22H2,1-5H3/b30-29-. The molecule has 6 rings (SSSR count). The number of likely N-dealkylation sites (N-methyl/N-ethyl adjacent to an activating group) is 2. The summed E-state index contributed by atoms with van der Waals surface area (Å²) in [5, 5.41) is 6.44. The summed E-state index contributed by atoms with van der Waals surface area (Å²) in [5.41, 5.74) is 7.04. The predicted molar refractivity (Wildman–Crippen MR) is 162 cm³/mol. The number of hydrazone groups is 1. The van der Waals surface area contributed by atoms with Crippen molar-refractivity contribution in [3.05, 3.63) is 101 Å². The van der Waals surface area contributed by atoms with Gasteiger partial charge in [-0.2, -0.15) is 5.10 Å². The second kappa shape index (κ2) is 9.53. The fraction of sp³-hybridized carbons (Fsp3) is 0.323. The molecule has 3 heterocycles. The highest BCUT2D eigenvalue weighted by Gasteiger charge is 2.50. The molecule has 0 aromatic heterocycles. The summed E-state index contributed by atoms with van der Waals surface area (Å²) < 4.78 is 10.7. The van der Waals surface area contributed by atoms with Gasteiger partial charge in [0.05, 0.1) is 22.9 Å². The third-order valence-corrected chi connectivity index (χ3v) is 11.7. The molecule has 1 saturated heterocycles. The predicted octanol–water partition coefficient (Wildman–Crippen LogP) is 7.05. The molecule has 6 nitrogen and oxygen atoms in total. The van der Waals surface area contributed by atoms with Crippen LogP contribution in [0.15, 0.2) is 99.7 Å². The van der Waals surface area contributed by atoms with Crippen LogP contribution in [-0.4, -0.2) is 56.1 Å². The third-order valence-electron chi connectivity index (χ3n) is 8.21. The molecule has 196 valence electrons. The molecule has 3 aromatic rings. The Morgan fingerprint density at radius 1 is 0.816 bits per heavy atom. The number of nitrogens with zero attached hydrogens (tertiary/aromatic N) is 6. The zero-order valence-electron chi connectivity index (χ0n) is 23.0. The summed E-state index contributed by atoms with van der Waals surface area (Å²) in [7, 11) is 1.87. The van der Waals surface area contributed by atoms with Crippen LogP contribution in [0.25, 0.3) is 0 Å². The summed E-state index contributed by atoms with van der Waals surface area (Å²) in [4.78, 5) is 4.81. The average molecular weight is 525 g/mol. The minimum Gasteiger partial charge on any atom is -0.346 e. The third kappa shape index (κ3) is 3.86. The van der Waals surface area contributed by atoms with Crippen molar-refractivity contribution < 1.29 is 0 Å². The lowest BCUT2D eigenvalue weighted by atomic mass is 9.84. The highest BCUT2D eigenvalue weighted by atomic mass is 31.2. The first kappa shape index (κ1) is 25.1. The van der Waals surface area contributed by atoms with Gasteiger partial charge in [0.25, 0.3) is 0 Å². The number of fused-ring (bicyclic) bond motifs is 1. The number of benzene rings is 3. The molecule has 3 aliphatic rings. The number of allylic oxidation sites excluding steroid dienone is 2. The minimum atomic E-state index is -2.55. The molecule has 1 fully saturated rings. The number of para-hydroxylation sites is 2. The molecule has 0 bridgehead atoms. The zero-order valence-corrected chi connectivity index (χ0v) is 23.9. The summed E-state index contributed by atoms with van der Waals surface area (Å²) in [6.07, 6.45) is 2.13. The van der Waals surface area contributed by atoms with E-state index in [0.717, 1.165) is 37.6 Å². The molecule has 0 radical (unpaired) electrons. The van der Waals surface area contributed by atoms with Crippen molar-refractivity contribution in [1.82, 2.24) is 9.57 Å². The fourth-order valence-electron chi connectivity index (χ4n) is 6.14.